The minimum atomic E-state index is -1.24. The summed E-state index contributed by atoms with van der Waals surface area (Å²) >= 11 is 0.968. The Labute approximate surface area is 168 Å². The van der Waals surface area contributed by atoms with E-state index in [-0.39, 0.29) is 23.5 Å². The van der Waals surface area contributed by atoms with Crippen LogP contribution in [0, 0.1) is 24.4 Å². The molecule has 0 aliphatic carbocycles. The van der Waals surface area contributed by atoms with Gasteiger partial charge >= 0.3 is 4.87 Å². The van der Waals surface area contributed by atoms with Gasteiger partial charge in [0.1, 0.15) is 12.4 Å². The average Bonchev–Trinajstić information content (AvgIpc) is 2.96. The number of hydrogen-bond acceptors (Lipinski definition) is 4. The molecule has 0 bridgehead atoms. The van der Waals surface area contributed by atoms with Crippen LogP contribution in [0.4, 0.5) is 13.2 Å². The zero-order chi connectivity index (χ0) is 21.1. The summed E-state index contributed by atoms with van der Waals surface area (Å²) in [6.07, 6.45) is -1.24. The number of aryl methyl sites for hydroxylation is 1. The fourth-order valence-electron chi connectivity index (χ4n) is 2.87. The maximum atomic E-state index is 13.3. The van der Waals surface area contributed by atoms with E-state index in [9.17, 15) is 27.9 Å². The topological polar surface area (TPSA) is 71.3 Å². The highest BCUT2D eigenvalue weighted by atomic mass is 32.1. The van der Waals surface area contributed by atoms with E-state index in [1.165, 1.54) is 34.9 Å². The van der Waals surface area contributed by atoms with E-state index < -0.39 is 29.5 Å². The number of thiazole rings is 1. The molecule has 0 radical (unpaired) electrons. The summed E-state index contributed by atoms with van der Waals surface area (Å²) in [5.41, 5.74) is 1.22. The van der Waals surface area contributed by atoms with E-state index in [1.54, 1.807) is 6.92 Å². The second-order valence-electron chi connectivity index (χ2n) is 6.36. The molecule has 0 fully saturated rings. The molecule has 0 aliphatic rings. The summed E-state index contributed by atoms with van der Waals surface area (Å²) in [4.78, 5) is 24.9. The number of aliphatic hydroxyl groups excluding tert-OH is 1. The first-order valence-electron chi connectivity index (χ1n) is 8.62. The number of nitrogens with one attached hydrogen (secondary N) is 1. The first-order valence-corrected chi connectivity index (χ1v) is 9.44. The van der Waals surface area contributed by atoms with Crippen LogP contribution in [0.15, 0.2) is 47.3 Å². The van der Waals surface area contributed by atoms with Gasteiger partial charge in [0.25, 0.3) is 0 Å². The second-order valence-corrected chi connectivity index (χ2v) is 7.52. The molecule has 1 amide bonds. The highest BCUT2D eigenvalue weighted by Gasteiger charge is 2.18. The maximum absolute atomic E-state index is 13.3. The molecule has 0 spiro atoms. The van der Waals surface area contributed by atoms with E-state index in [2.05, 4.69) is 5.32 Å². The molecule has 0 saturated heterocycles. The standard InChI is InChI=1S/C20H17F3N2O3S/c1-11-19(12-2-5-14(21)6-3-12)25(20(28)29-11)10-18(27)24-9-17(26)13-4-7-15(22)16(23)8-13/h2-8,17,26H,9-10H2,1H3,(H,24,27)/t17-/m1/s1. The lowest BCUT2D eigenvalue weighted by atomic mass is 10.1. The predicted octanol–water partition coefficient (Wildman–Crippen LogP) is 3.15. The molecule has 0 saturated carbocycles. The lowest BCUT2D eigenvalue weighted by molar-refractivity contribution is -0.122. The van der Waals surface area contributed by atoms with Gasteiger partial charge in [0.15, 0.2) is 11.6 Å². The van der Waals surface area contributed by atoms with Crippen molar-refractivity contribution in [1.82, 2.24) is 9.88 Å². The number of hydrogen-bond donors (Lipinski definition) is 2. The van der Waals surface area contributed by atoms with Crippen molar-refractivity contribution in [3.8, 4) is 11.3 Å². The third-order valence-electron chi connectivity index (χ3n) is 4.30. The molecule has 1 atom stereocenters. The number of rotatable bonds is 6. The predicted molar refractivity (Wildman–Crippen MR) is 103 cm³/mol. The fourth-order valence-corrected chi connectivity index (χ4v) is 3.73. The van der Waals surface area contributed by atoms with Crippen LogP contribution in [0.5, 0.6) is 0 Å². The molecule has 2 N–H and O–H groups in total. The molecule has 152 valence electrons. The van der Waals surface area contributed by atoms with E-state index in [0.29, 0.717) is 16.1 Å². The molecule has 29 heavy (non-hydrogen) atoms. The van der Waals surface area contributed by atoms with Crippen molar-refractivity contribution in [3.05, 3.63) is 80.0 Å². The van der Waals surface area contributed by atoms with Gasteiger partial charge in [-0.3, -0.25) is 14.2 Å². The first-order chi connectivity index (χ1) is 13.8. The van der Waals surface area contributed by atoms with Gasteiger partial charge in [0, 0.05) is 11.4 Å². The summed E-state index contributed by atoms with van der Waals surface area (Å²) in [6.45, 7) is 1.18. The van der Waals surface area contributed by atoms with Crippen molar-refractivity contribution >= 4 is 17.2 Å². The number of carbonyl (C=O) groups excluding carboxylic acids is 1. The van der Waals surface area contributed by atoms with Gasteiger partial charge in [0.2, 0.25) is 5.91 Å². The number of halogens is 3. The van der Waals surface area contributed by atoms with E-state index >= 15 is 0 Å². The summed E-state index contributed by atoms with van der Waals surface area (Å²) in [5, 5.41) is 12.5. The second kappa shape index (κ2) is 8.62. The SMILES string of the molecule is Cc1sc(=O)n(CC(=O)NC[C@@H](O)c2ccc(F)c(F)c2)c1-c1ccc(F)cc1. The summed E-state index contributed by atoms with van der Waals surface area (Å²) in [5.74, 6) is -3.10. The Kier molecular flexibility index (Phi) is 6.19. The van der Waals surface area contributed by atoms with Crippen molar-refractivity contribution < 1.29 is 23.1 Å². The van der Waals surface area contributed by atoms with Gasteiger partial charge in [-0.1, -0.05) is 17.4 Å². The molecule has 9 heteroatoms. The Balaban J connectivity index is 1.71. The highest BCUT2D eigenvalue weighted by molar-refractivity contribution is 7.09. The molecule has 5 nitrogen and oxygen atoms in total. The van der Waals surface area contributed by atoms with Crippen LogP contribution in [0.3, 0.4) is 0 Å². The van der Waals surface area contributed by atoms with E-state index in [0.717, 1.165) is 23.5 Å². The van der Waals surface area contributed by atoms with Crippen LogP contribution < -0.4 is 10.2 Å². The highest BCUT2D eigenvalue weighted by Crippen LogP contribution is 2.25. The minimum absolute atomic E-state index is 0.111. The zero-order valence-electron chi connectivity index (χ0n) is 15.3. The van der Waals surface area contributed by atoms with Crippen LogP contribution >= 0.6 is 11.3 Å². The van der Waals surface area contributed by atoms with Crippen LogP contribution in [0.2, 0.25) is 0 Å². The molecular weight excluding hydrogens is 405 g/mol. The Hall–Kier alpha value is -2.91. The van der Waals surface area contributed by atoms with Crippen molar-refractivity contribution in [2.24, 2.45) is 0 Å². The fraction of sp³-hybridized carbons (Fsp3) is 0.200. The van der Waals surface area contributed by atoms with Gasteiger partial charge in [-0.25, -0.2) is 13.2 Å². The maximum Gasteiger partial charge on any atom is 0.308 e. The summed E-state index contributed by atoms with van der Waals surface area (Å²) in [6, 6.07) is 8.52. The van der Waals surface area contributed by atoms with Crippen molar-refractivity contribution in [2.75, 3.05) is 6.54 Å². The monoisotopic (exact) mass is 422 g/mol. The average molecular weight is 422 g/mol. The van der Waals surface area contributed by atoms with Gasteiger partial charge < -0.3 is 10.4 Å². The third kappa shape index (κ3) is 4.75. The molecule has 1 aromatic heterocycles. The number of benzene rings is 2. The number of aliphatic hydroxyl groups is 1. The van der Waals surface area contributed by atoms with Crippen LogP contribution in [-0.2, 0) is 11.3 Å². The minimum Gasteiger partial charge on any atom is -0.387 e. The molecular formula is C20H17F3N2O3S. The van der Waals surface area contributed by atoms with Crippen molar-refractivity contribution in [3.63, 3.8) is 0 Å². The van der Waals surface area contributed by atoms with Crippen molar-refractivity contribution in [2.45, 2.75) is 19.6 Å². The molecule has 2 aromatic carbocycles. The number of nitrogens with zero attached hydrogens (tertiary/aromatic N) is 1. The Morgan fingerprint density at radius 2 is 1.83 bits per heavy atom. The quantitative estimate of drug-likeness (QED) is 0.641. The van der Waals surface area contributed by atoms with Crippen LogP contribution in [0.25, 0.3) is 11.3 Å². The van der Waals surface area contributed by atoms with Crippen molar-refractivity contribution in [1.29, 1.82) is 0 Å². The molecule has 1 heterocycles. The number of aromatic nitrogens is 1. The molecule has 0 unspecified atom stereocenters. The van der Waals surface area contributed by atoms with Gasteiger partial charge in [-0.05, 0) is 54.4 Å². The van der Waals surface area contributed by atoms with Gasteiger partial charge in [-0.2, -0.15) is 0 Å². The Morgan fingerprint density at radius 3 is 2.48 bits per heavy atom. The normalized spacial score (nSPS) is 12.0. The van der Waals surface area contributed by atoms with E-state index in [1.807, 2.05) is 0 Å². The number of amides is 1. The third-order valence-corrected chi connectivity index (χ3v) is 5.20. The lowest BCUT2D eigenvalue weighted by Gasteiger charge is -2.14. The Morgan fingerprint density at radius 1 is 1.14 bits per heavy atom. The van der Waals surface area contributed by atoms with Gasteiger partial charge in [-0.15, -0.1) is 0 Å². The summed E-state index contributed by atoms with van der Waals surface area (Å²) < 4.78 is 40.7. The number of carbonyl (C=O) groups is 1. The first kappa shape index (κ1) is 20.8. The van der Waals surface area contributed by atoms with Crippen LogP contribution in [0.1, 0.15) is 16.5 Å². The van der Waals surface area contributed by atoms with Crippen LogP contribution in [-0.4, -0.2) is 22.1 Å². The molecule has 3 aromatic rings. The van der Waals surface area contributed by atoms with Gasteiger partial charge in [0.05, 0.1) is 11.8 Å². The summed E-state index contributed by atoms with van der Waals surface area (Å²) in [7, 11) is 0. The largest absolute Gasteiger partial charge is 0.387 e. The zero-order valence-corrected chi connectivity index (χ0v) is 16.1. The smallest absolute Gasteiger partial charge is 0.308 e. The molecule has 3 rings (SSSR count). The van der Waals surface area contributed by atoms with E-state index in [4.69, 9.17) is 0 Å². The molecule has 0 aliphatic heterocycles. The lowest BCUT2D eigenvalue weighted by Crippen LogP contribution is -2.33. The Bertz CT molecular complexity index is 1090.